The van der Waals surface area contributed by atoms with E-state index in [9.17, 15) is 4.79 Å². The van der Waals surface area contributed by atoms with Crippen molar-refractivity contribution in [2.75, 3.05) is 6.54 Å². The zero-order valence-corrected chi connectivity index (χ0v) is 15.1. The second-order valence-electron chi connectivity index (χ2n) is 6.54. The van der Waals surface area contributed by atoms with Crippen molar-refractivity contribution in [1.82, 2.24) is 25.1 Å². The molecule has 0 bridgehead atoms. The second-order valence-corrected chi connectivity index (χ2v) is 7.85. The number of carbonyl (C=O) groups is 1. The normalized spacial score (nSPS) is 15.5. The van der Waals surface area contributed by atoms with Crippen LogP contribution in [-0.2, 0) is 4.79 Å². The molecular formula is C17H23N5OS. The number of rotatable bonds is 7. The van der Waals surface area contributed by atoms with Gasteiger partial charge in [0.1, 0.15) is 0 Å². The molecule has 1 amide bonds. The molecule has 1 atom stereocenters. The number of amides is 1. The van der Waals surface area contributed by atoms with Crippen molar-refractivity contribution in [1.29, 1.82) is 0 Å². The van der Waals surface area contributed by atoms with Crippen molar-refractivity contribution < 1.29 is 4.79 Å². The summed E-state index contributed by atoms with van der Waals surface area (Å²) in [6.45, 7) is 6.78. The summed E-state index contributed by atoms with van der Waals surface area (Å²) < 4.78 is 2.17. The Morgan fingerprint density at radius 1 is 1.29 bits per heavy atom. The van der Waals surface area contributed by atoms with Crippen LogP contribution in [0.25, 0.3) is 11.4 Å². The fraction of sp³-hybridized carbons (Fsp3) is 0.529. The predicted molar refractivity (Wildman–Crippen MR) is 94.7 cm³/mol. The lowest BCUT2D eigenvalue weighted by molar-refractivity contribution is -0.120. The molecule has 0 aliphatic heterocycles. The largest absolute Gasteiger partial charge is 0.355 e. The first kappa shape index (κ1) is 17.0. The van der Waals surface area contributed by atoms with E-state index in [0.717, 1.165) is 29.4 Å². The highest BCUT2D eigenvalue weighted by Gasteiger charge is 2.31. The van der Waals surface area contributed by atoms with E-state index in [-0.39, 0.29) is 11.2 Å². The first-order valence-corrected chi connectivity index (χ1v) is 9.24. The van der Waals surface area contributed by atoms with Gasteiger partial charge >= 0.3 is 0 Å². The van der Waals surface area contributed by atoms with Gasteiger partial charge in [-0.2, -0.15) is 0 Å². The van der Waals surface area contributed by atoms with Crippen molar-refractivity contribution in [3.8, 4) is 11.4 Å². The van der Waals surface area contributed by atoms with Crippen LogP contribution in [0.2, 0.25) is 0 Å². The smallest absolute Gasteiger partial charge is 0.233 e. The molecule has 2 aromatic heterocycles. The van der Waals surface area contributed by atoms with Crippen LogP contribution in [0.5, 0.6) is 0 Å². The fourth-order valence-corrected chi connectivity index (χ4v) is 3.32. The topological polar surface area (TPSA) is 72.7 Å². The van der Waals surface area contributed by atoms with E-state index in [1.54, 1.807) is 12.4 Å². The maximum Gasteiger partial charge on any atom is 0.233 e. The van der Waals surface area contributed by atoms with Crippen LogP contribution in [0.3, 0.4) is 0 Å². The van der Waals surface area contributed by atoms with Crippen LogP contribution in [0, 0.1) is 5.92 Å². The third-order valence-corrected chi connectivity index (χ3v) is 4.91. The van der Waals surface area contributed by atoms with Gasteiger partial charge in [-0.3, -0.25) is 14.3 Å². The molecule has 1 aliphatic carbocycles. The van der Waals surface area contributed by atoms with E-state index in [0.29, 0.717) is 18.5 Å². The van der Waals surface area contributed by atoms with Crippen LogP contribution in [0.4, 0.5) is 0 Å². The van der Waals surface area contributed by atoms with Crippen LogP contribution in [0.15, 0.2) is 29.7 Å². The Hall–Kier alpha value is -1.89. The fourth-order valence-electron chi connectivity index (χ4n) is 2.38. The van der Waals surface area contributed by atoms with Gasteiger partial charge in [-0.05, 0) is 37.8 Å². The standard InChI is InChI=1S/C17H23N5OS/c1-11(2)10-19-16(23)12(3)24-17-21-20-15(22(17)14-4-5-14)13-6-8-18-9-7-13/h6-9,11-12,14H,4-5,10H2,1-3H3,(H,19,23)/t12-/m0/s1. The molecule has 1 aliphatic rings. The van der Waals surface area contributed by atoms with Gasteiger partial charge < -0.3 is 5.32 Å². The number of hydrogen-bond donors (Lipinski definition) is 1. The van der Waals surface area contributed by atoms with Crippen LogP contribution >= 0.6 is 11.8 Å². The van der Waals surface area contributed by atoms with E-state index in [1.807, 2.05) is 19.1 Å². The van der Waals surface area contributed by atoms with Gasteiger partial charge in [0.25, 0.3) is 0 Å². The maximum absolute atomic E-state index is 12.2. The molecule has 7 heteroatoms. The number of aromatic nitrogens is 4. The molecule has 0 spiro atoms. The SMILES string of the molecule is CC(C)CNC(=O)[C@H](C)Sc1nnc(-c2ccncc2)n1C1CC1. The number of thioether (sulfide) groups is 1. The van der Waals surface area contributed by atoms with Gasteiger partial charge in [0.2, 0.25) is 5.91 Å². The molecule has 0 aromatic carbocycles. The highest BCUT2D eigenvalue weighted by molar-refractivity contribution is 8.00. The minimum absolute atomic E-state index is 0.0458. The van der Waals surface area contributed by atoms with E-state index in [4.69, 9.17) is 0 Å². The number of hydrogen-bond acceptors (Lipinski definition) is 5. The summed E-state index contributed by atoms with van der Waals surface area (Å²) in [7, 11) is 0. The summed E-state index contributed by atoms with van der Waals surface area (Å²) in [5.74, 6) is 1.35. The Morgan fingerprint density at radius 3 is 2.62 bits per heavy atom. The van der Waals surface area contributed by atoms with Crippen LogP contribution in [-0.4, -0.2) is 37.5 Å². The van der Waals surface area contributed by atoms with E-state index < -0.39 is 0 Å². The molecule has 2 aromatic rings. The first-order valence-electron chi connectivity index (χ1n) is 8.36. The molecule has 3 rings (SSSR count). The minimum atomic E-state index is -0.198. The Bertz CT molecular complexity index is 696. The molecule has 1 fully saturated rings. The third-order valence-electron chi connectivity index (χ3n) is 3.85. The Kier molecular flexibility index (Phi) is 5.18. The second kappa shape index (κ2) is 7.34. The summed E-state index contributed by atoms with van der Waals surface area (Å²) >= 11 is 1.48. The zero-order chi connectivity index (χ0) is 17.1. The molecule has 128 valence electrons. The number of nitrogens with zero attached hydrogens (tertiary/aromatic N) is 4. The van der Waals surface area contributed by atoms with E-state index in [1.165, 1.54) is 11.8 Å². The average molecular weight is 345 g/mol. The van der Waals surface area contributed by atoms with Gasteiger partial charge in [-0.1, -0.05) is 25.6 Å². The monoisotopic (exact) mass is 345 g/mol. The summed E-state index contributed by atoms with van der Waals surface area (Å²) in [6.07, 6.45) is 5.79. The van der Waals surface area contributed by atoms with Crippen molar-refractivity contribution in [3.63, 3.8) is 0 Å². The lowest BCUT2D eigenvalue weighted by Gasteiger charge is -2.14. The van der Waals surface area contributed by atoms with Gasteiger partial charge in [-0.15, -0.1) is 10.2 Å². The number of pyridine rings is 1. The van der Waals surface area contributed by atoms with E-state index in [2.05, 4.69) is 38.9 Å². The Morgan fingerprint density at radius 2 is 2.00 bits per heavy atom. The van der Waals surface area contributed by atoms with Gasteiger partial charge in [0.15, 0.2) is 11.0 Å². The van der Waals surface area contributed by atoms with Gasteiger partial charge in [-0.25, -0.2) is 0 Å². The quantitative estimate of drug-likeness (QED) is 0.781. The highest BCUT2D eigenvalue weighted by atomic mass is 32.2. The lowest BCUT2D eigenvalue weighted by Crippen LogP contribution is -2.33. The maximum atomic E-state index is 12.2. The molecule has 0 radical (unpaired) electrons. The molecule has 0 saturated heterocycles. The average Bonchev–Trinajstić information content (AvgIpc) is 3.34. The Labute approximate surface area is 146 Å². The van der Waals surface area contributed by atoms with Gasteiger partial charge in [0, 0.05) is 30.5 Å². The zero-order valence-electron chi connectivity index (χ0n) is 14.3. The predicted octanol–water partition coefficient (Wildman–Crippen LogP) is 2.93. The van der Waals surface area contributed by atoms with Crippen molar-refractivity contribution in [2.45, 2.75) is 50.1 Å². The minimum Gasteiger partial charge on any atom is -0.355 e. The third kappa shape index (κ3) is 3.95. The van der Waals surface area contributed by atoms with Gasteiger partial charge in [0.05, 0.1) is 5.25 Å². The summed E-state index contributed by atoms with van der Waals surface area (Å²) in [6, 6.07) is 4.32. The summed E-state index contributed by atoms with van der Waals surface area (Å²) in [4.78, 5) is 16.3. The molecule has 1 N–H and O–H groups in total. The van der Waals surface area contributed by atoms with Crippen molar-refractivity contribution in [3.05, 3.63) is 24.5 Å². The summed E-state index contributed by atoms with van der Waals surface area (Å²) in [5.41, 5.74) is 1.01. The van der Waals surface area contributed by atoms with Crippen molar-refractivity contribution in [2.24, 2.45) is 5.92 Å². The van der Waals surface area contributed by atoms with Crippen LogP contribution in [0.1, 0.15) is 39.7 Å². The number of nitrogens with one attached hydrogen (secondary N) is 1. The molecular weight excluding hydrogens is 322 g/mol. The molecule has 0 unspecified atom stereocenters. The van der Waals surface area contributed by atoms with Crippen LogP contribution < -0.4 is 5.32 Å². The lowest BCUT2D eigenvalue weighted by atomic mass is 10.2. The first-order chi connectivity index (χ1) is 11.6. The molecule has 1 saturated carbocycles. The highest BCUT2D eigenvalue weighted by Crippen LogP contribution is 2.41. The van der Waals surface area contributed by atoms with E-state index >= 15 is 0 Å². The van der Waals surface area contributed by atoms with Crippen molar-refractivity contribution >= 4 is 17.7 Å². The Balaban J connectivity index is 1.77. The molecule has 2 heterocycles. The molecule has 6 nitrogen and oxygen atoms in total. The number of carbonyl (C=O) groups excluding carboxylic acids is 1. The molecule has 24 heavy (non-hydrogen) atoms. The summed E-state index contributed by atoms with van der Waals surface area (Å²) in [5, 5.41) is 12.3.